The molecule has 0 aromatic rings. The van der Waals surface area contributed by atoms with Gasteiger partial charge in [-0.3, -0.25) is 18.6 Å². The molecule has 346 valence electrons. The van der Waals surface area contributed by atoms with Gasteiger partial charge in [0.2, 0.25) is 0 Å². The Morgan fingerprint density at radius 3 is 1.39 bits per heavy atom. The van der Waals surface area contributed by atoms with Crippen LogP contribution in [0.4, 0.5) is 0 Å². The van der Waals surface area contributed by atoms with Crippen LogP contribution in [0.1, 0.15) is 213 Å². The van der Waals surface area contributed by atoms with Gasteiger partial charge in [0, 0.05) is 12.8 Å². The van der Waals surface area contributed by atoms with Crippen LogP contribution in [0, 0.1) is 0 Å². The monoisotopic (exact) mass is 855 g/mol. The van der Waals surface area contributed by atoms with Crippen LogP contribution < -0.4 is 0 Å². The molecule has 0 radical (unpaired) electrons. The summed E-state index contributed by atoms with van der Waals surface area (Å²) in [5.74, 6) is -0.808. The first kappa shape index (κ1) is 57.2. The lowest BCUT2D eigenvalue weighted by atomic mass is 10.1. The number of quaternary nitrogens is 1. The first-order chi connectivity index (χ1) is 28.5. The summed E-state index contributed by atoms with van der Waals surface area (Å²) in [7, 11) is 1.47. The van der Waals surface area contributed by atoms with E-state index in [1.54, 1.807) is 0 Å². The van der Waals surface area contributed by atoms with E-state index in [0.29, 0.717) is 17.4 Å². The predicted molar refractivity (Wildman–Crippen MR) is 247 cm³/mol. The lowest BCUT2D eigenvalue weighted by Crippen LogP contribution is -2.37. The maximum atomic E-state index is 12.7. The van der Waals surface area contributed by atoms with Crippen LogP contribution in [0.5, 0.6) is 0 Å². The van der Waals surface area contributed by atoms with E-state index in [9.17, 15) is 19.0 Å². The molecule has 0 aromatic carbocycles. The molecule has 10 heteroatoms. The fraction of sp³-hybridized carbons (Fsp3) is 0.837. The molecule has 0 heterocycles. The van der Waals surface area contributed by atoms with Crippen molar-refractivity contribution in [3.05, 3.63) is 36.5 Å². The molecular weight excluding hydrogens is 762 g/mol. The third kappa shape index (κ3) is 45.6. The Morgan fingerprint density at radius 2 is 0.915 bits per heavy atom. The quantitative estimate of drug-likeness (QED) is 0.0212. The normalized spacial score (nSPS) is 13.8. The Kier molecular flexibility index (Phi) is 40.3. The van der Waals surface area contributed by atoms with E-state index in [-0.39, 0.29) is 32.0 Å². The predicted octanol–water partition coefficient (Wildman–Crippen LogP) is 14.1. The summed E-state index contributed by atoms with van der Waals surface area (Å²) < 4.78 is 34.4. The molecule has 1 N–H and O–H groups in total. The number of hydrogen-bond acceptors (Lipinski definition) is 7. The Hall–Kier alpha value is -1.77. The first-order valence-corrected chi connectivity index (χ1v) is 25.7. The summed E-state index contributed by atoms with van der Waals surface area (Å²) in [4.78, 5) is 35.5. The number of likely N-dealkylation sites (N-methyl/N-ethyl adjacent to an activating group) is 1. The van der Waals surface area contributed by atoms with Crippen molar-refractivity contribution >= 4 is 19.8 Å². The number of nitrogens with zero attached hydrogens (tertiary/aromatic N) is 1. The molecule has 59 heavy (non-hydrogen) atoms. The van der Waals surface area contributed by atoms with Gasteiger partial charge in [0.15, 0.2) is 6.10 Å². The lowest BCUT2D eigenvalue weighted by Gasteiger charge is -2.24. The Balaban J connectivity index is 4.30. The fourth-order valence-corrected chi connectivity index (χ4v) is 7.31. The van der Waals surface area contributed by atoms with Crippen molar-refractivity contribution in [1.82, 2.24) is 0 Å². The standard InChI is InChI=1S/C49H92NO8P/c1-6-8-10-12-14-16-18-20-22-24-25-26-28-29-31-33-35-37-39-41-48(51)55-45-47(46-57-59(53,54)56-44-43-50(3,4)5)58-49(52)42-40-38-36-34-32-30-27-23-21-19-17-15-13-11-9-7-2/h14,16,20,22-23,27,47H,6-13,15,17-19,21,24-26,28-46H2,1-5H3/p+1/b16-14-,22-20-,27-23-/t47-/m1/s1. The maximum absolute atomic E-state index is 12.7. The van der Waals surface area contributed by atoms with Crippen LogP contribution in [0.2, 0.25) is 0 Å². The Morgan fingerprint density at radius 1 is 0.525 bits per heavy atom. The van der Waals surface area contributed by atoms with Gasteiger partial charge in [0.1, 0.15) is 19.8 Å². The summed E-state index contributed by atoms with van der Waals surface area (Å²) >= 11 is 0. The van der Waals surface area contributed by atoms with Gasteiger partial charge in [-0.2, -0.15) is 0 Å². The van der Waals surface area contributed by atoms with Gasteiger partial charge in [0.25, 0.3) is 0 Å². The molecule has 0 aliphatic heterocycles. The number of carbonyl (C=O) groups is 2. The highest BCUT2D eigenvalue weighted by molar-refractivity contribution is 7.47. The Bertz CT molecular complexity index is 1100. The van der Waals surface area contributed by atoms with E-state index in [4.69, 9.17) is 18.5 Å². The zero-order valence-corrected chi connectivity index (χ0v) is 39.9. The zero-order valence-electron chi connectivity index (χ0n) is 39.0. The molecule has 0 saturated carbocycles. The van der Waals surface area contributed by atoms with E-state index in [0.717, 1.165) is 57.8 Å². The maximum Gasteiger partial charge on any atom is 0.472 e. The molecule has 0 rings (SSSR count). The molecule has 0 spiro atoms. The highest BCUT2D eigenvalue weighted by Gasteiger charge is 2.27. The summed E-state index contributed by atoms with van der Waals surface area (Å²) in [6.45, 7) is 4.40. The van der Waals surface area contributed by atoms with Crippen molar-refractivity contribution in [1.29, 1.82) is 0 Å². The summed E-state index contributed by atoms with van der Waals surface area (Å²) in [6, 6.07) is 0. The molecule has 0 amide bonds. The minimum atomic E-state index is -4.38. The largest absolute Gasteiger partial charge is 0.472 e. The number of hydrogen-bond donors (Lipinski definition) is 1. The smallest absolute Gasteiger partial charge is 0.462 e. The molecule has 0 aliphatic rings. The van der Waals surface area contributed by atoms with E-state index < -0.39 is 26.5 Å². The number of rotatable bonds is 44. The molecule has 0 bridgehead atoms. The second kappa shape index (κ2) is 41.6. The molecule has 0 fully saturated rings. The van der Waals surface area contributed by atoms with E-state index in [2.05, 4.69) is 50.3 Å². The molecule has 0 aromatic heterocycles. The van der Waals surface area contributed by atoms with Crippen molar-refractivity contribution in [2.45, 2.75) is 219 Å². The van der Waals surface area contributed by atoms with Gasteiger partial charge in [-0.25, -0.2) is 4.57 Å². The molecule has 0 aliphatic carbocycles. The summed E-state index contributed by atoms with van der Waals surface area (Å²) in [5, 5.41) is 0. The SMILES string of the molecule is CCCCC/C=C\C/C=C\CCCCCCCCCCCC(=O)OC[C@H](COP(=O)(O)OCC[N+](C)(C)C)OC(=O)CCCCCCC/C=C\CCCCCCCCC. The average molecular weight is 855 g/mol. The number of phosphoric ester groups is 1. The van der Waals surface area contributed by atoms with Crippen molar-refractivity contribution in [3.8, 4) is 0 Å². The number of unbranched alkanes of at least 4 members (excludes halogenated alkanes) is 24. The van der Waals surface area contributed by atoms with Crippen molar-refractivity contribution in [2.75, 3.05) is 47.5 Å². The van der Waals surface area contributed by atoms with Crippen LogP contribution in [-0.2, 0) is 32.7 Å². The second-order valence-corrected chi connectivity index (χ2v) is 18.9. The van der Waals surface area contributed by atoms with Crippen molar-refractivity contribution in [3.63, 3.8) is 0 Å². The first-order valence-electron chi connectivity index (χ1n) is 24.2. The van der Waals surface area contributed by atoms with Crippen LogP contribution in [0.25, 0.3) is 0 Å². The highest BCUT2D eigenvalue weighted by atomic mass is 31.2. The zero-order chi connectivity index (χ0) is 43.6. The van der Waals surface area contributed by atoms with Gasteiger partial charge in [-0.05, 0) is 70.6 Å². The van der Waals surface area contributed by atoms with Gasteiger partial charge >= 0.3 is 19.8 Å². The third-order valence-corrected chi connectivity index (χ3v) is 11.4. The van der Waals surface area contributed by atoms with Crippen LogP contribution in [-0.4, -0.2) is 74.9 Å². The fourth-order valence-electron chi connectivity index (χ4n) is 6.57. The Labute approximate surface area is 363 Å². The van der Waals surface area contributed by atoms with E-state index in [1.807, 2.05) is 21.1 Å². The number of allylic oxidation sites excluding steroid dienone is 6. The van der Waals surface area contributed by atoms with Crippen LogP contribution in [0.15, 0.2) is 36.5 Å². The van der Waals surface area contributed by atoms with Gasteiger partial charge < -0.3 is 18.9 Å². The van der Waals surface area contributed by atoms with Gasteiger partial charge in [-0.15, -0.1) is 0 Å². The number of ether oxygens (including phenoxy) is 2. The number of carbonyl (C=O) groups excluding carboxylic acids is 2. The van der Waals surface area contributed by atoms with Crippen LogP contribution >= 0.6 is 7.82 Å². The van der Waals surface area contributed by atoms with Gasteiger partial charge in [-0.1, -0.05) is 166 Å². The van der Waals surface area contributed by atoms with Crippen molar-refractivity contribution in [2.24, 2.45) is 0 Å². The summed E-state index contributed by atoms with van der Waals surface area (Å²) in [6.07, 6.45) is 47.6. The highest BCUT2D eigenvalue weighted by Crippen LogP contribution is 2.43. The van der Waals surface area contributed by atoms with E-state index >= 15 is 0 Å². The van der Waals surface area contributed by atoms with Crippen molar-refractivity contribution < 1.29 is 42.1 Å². The van der Waals surface area contributed by atoms with Crippen LogP contribution in [0.3, 0.4) is 0 Å². The molecule has 2 atom stereocenters. The summed E-state index contributed by atoms with van der Waals surface area (Å²) in [5.41, 5.74) is 0. The molecular formula is C49H93NO8P+. The number of phosphoric acid groups is 1. The topological polar surface area (TPSA) is 108 Å². The number of esters is 2. The minimum absolute atomic E-state index is 0.0296. The second-order valence-electron chi connectivity index (χ2n) is 17.5. The van der Waals surface area contributed by atoms with Gasteiger partial charge in [0.05, 0.1) is 27.7 Å². The molecule has 0 saturated heterocycles. The van der Waals surface area contributed by atoms with E-state index in [1.165, 1.54) is 122 Å². The minimum Gasteiger partial charge on any atom is -0.462 e. The molecule has 1 unspecified atom stereocenters. The average Bonchev–Trinajstić information content (AvgIpc) is 3.19. The lowest BCUT2D eigenvalue weighted by molar-refractivity contribution is -0.870. The third-order valence-electron chi connectivity index (χ3n) is 10.4. The molecule has 9 nitrogen and oxygen atoms in total.